The number of sulfone groups is 1. The van der Waals surface area contributed by atoms with Crippen LogP contribution in [0, 0.1) is 6.92 Å². The summed E-state index contributed by atoms with van der Waals surface area (Å²) in [4.78, 5) is 17.1. The minimum absolute atomic E-state index is 0.0791. The van der Waals surface area contributed by atoms with Crippen LogP contribution in [0.4, 0.5) is 0 Å². The monoisotopic (exact) mass is 428 g/mol. The van der Waals surface area contributed by atoms with E-state index in [-0.39, 0.29) is 16.4 Å². The molecule has 0 saturated carbocycles. The highest BCUT2D eigenvalue weighted by Gasteiger charge is 2.24. The molecule has 3 aromatic rings. The van der Waals surface area contributed by atoms with Gasteiger partial charge in [0, 0.05) is 17.5 Å². The first kappa shape index (κ1) is 21.2. The third-order valence-corrected chi connectivity index (χ3v) is 7.61. The molecule has 0 unspecified atom stereocenters. The van der Waals surface area contributed by atoms with E-state index in [0.717, 1.165) is 21.8 Å². The SMILES string of the molecule is Cc1nc(-c2ccc(CCNC(=O)c3ccccc3S(=O)(=O)C(C)C)cc2)cs1. The lowest BCUT2D eigenvalue weighted by molar-refractivity contribution is 0.0951. The van der Waals surface area contributed by atoms with E-state index in [1.807, 2.05) is 36.6 Å². The Kier molecular flexibility index (Phi) is 6.49. The van der Waals surface area contributed by atoms with Crippen LogP contribution in [0.1, 0.15) is 34.8 Å². The average molecular weight is 429 g/mol. The summed E-state index contributed by atoms with van der Waals surface area (Å²) in [5.41, 5.74) is 3.31. The van der Waals surface area contributed by atoms with Crippen molar-refractivity contribution in [2.45, 2.75) is 37.3 Å². The van der Waals surface area contributed by atoms with Crippen molar-refractivity contribution in [3.05, 3.63) is 70.0 Å². The number of aromatic nitrogens is 1. The fourth-order valence-electron chi connectivity index (χ4n) is 2.91. The number of thiazole rings is 1. The molecule has 0 atom stereocenters. The van der Waals surface area contributed by atoms with Gasteiger partial charge in [0.05, 0.1) is 26.4 Å². The highest BCUT2D eigenvalue weighted by atomic mass is 32.2. The summed E-state index contributed by atoms with van der Waals surface area (Å²) in [5.74, 6) is -0.376. The maximum atomic E-state index is 12.6. The van der Waals surface area contributed by atoms with Crippen LogP contribution in [0.3, 0.4) is 0 Å². The van der Waals surface area contributed by atoms with Crippen LogP contribution in [0.5, 0.6) is 0 Å². The molecule has 1 heterocycles. The number of hydrogen-bond acceptors (Lipinski definition) is 5. The molecule has 1 aromatic heterocycles. The molecule has 1 N–H and O–H groups in total. The Morgan fingerprint density at radius 3 is 2.41 bits per heavy atom. The topological polar surface area (TPSA) is 76.1 Å². The highest BCUT2D eigenvalue weighted by Crippen LogP contribution is 2.22. The predicted octanol–water partition coefficient (Wildman–Crippen LogP) is 4.27. The van der Waals surface area contributed by atoms with Crippen molar-refractivity contribution in [3.8, 4) is 11.3 Å². The second-order valence-electron chi connectivity index (χ2n) is 7.04. The van der Waals surface area contributed by atoms with Crippen molar-refractivity contribution in [2.24, 2.45) is 0 Å². The highest BCUT2D eigenvalue weighted by molar-refractivity contribution is 7.92. The lowest BCUT2D eigenvalue weighted by atomic mass is 10.1. The third kappa shape index (κ3) is 4.92. The zero-order valence-electron chi connectivity index (χ0n) is 16.7. The van der Waals surface area contributed by atoms with Gasteiger partial charge in [-0.15, -0.1) is 11.3 Å². The van der Waals surface area contributed by atoms with Crippen molar-refractivity contribution < 1.29 is 13.2 Å². The van der Waals surface area contributed by atoms with Crippen LogP contribution in [0.25, 0.3) is 11.3 Å². The first-order valence-corrected chi connectivity index (χ1v) is 11.8. The summed E-state index contributed by atoms with van der Waals surface area (Å²) in [7, 11) is -3.53. The Morgan fingerprint density at radius 1 is 1.10 bits per heavy atom. The number of amides is 1. The Hall–Kier alpha value is -2.51. The number of aryl methyl sites for hydroxylation is 1. The van der Waals surface area contributed by atoms with Crippen molar-refractivity contribution in [2.75, 3.05) is 6.54 Å². The second-order valence-corrected chi connectivity index (χ2v) is 10.6. The third-order valence-electron chi connectivity index (χ3n) is 4.63. The van der Waals surface area contributed by atoms with E-state index in [1.54, 1.807) is 43.4 Å². The predicted molar refractivity (Wildman–Crippen MR) is 117 cm³/mol. The molecule has 5 nitrogen and oxygen atoms in total. The molecule has 29 heavy (non-hydrogen) atoms. The molecule has 7 heteroatoms. The van der Waals surface area contributed by atoms with E-state index in [1.165, 1.54) is 6.07 Å². The molecule has 0 spiro atoms. The average Bonchev–Trinajstić information content (AvgIpc) is 3.14. The standard InChI is InChI=1S/C22H24N2O3S2/c1-15(2)29(26,27)21-7-5-4-6-19(21)22(25)23-13-12-17-8-10-18(11-9-17)20-14-28-16(3)24-20/h4-11,14-15H,12-13H2,1-3H3,(H,23,25). The zero-order chi connectivity index (χ0) is 21.0. The molecule has 3 rings (SSSR count). The molecule has 0 radical (unpaired) electrons. The van der Waals surface area contributed by atoms with E-state index in [2.05, 4.69) is 10.3 Å². The van der Waals surface area contributed by atoms with Gasteiger partial charge in [-0.3, -0.25) is 4.79 Å². The lowest BCUT2D eigenvalue weighted by Crippen LogP contribution is -2.28. The molecule has 0 aliphatic rings. The number of carbonyl (C=O) groups is 1. The fraction of sp³-hybridized carbons (Fsp3) is 0.273. The van der Waals surface area contributed by atoms with Crippen molar-refractivity contribution in [3.63, 3.8) is 0 Å². The van der Waals surface area contributed by atoms with E-state index >= 15 is 0 Å². The van der Waals surface area contributed by atoms with Gasteiger partial charge < -0.3 is 5.32 Å². The number of rotatable bonds is 7. The smallest absolute Gasteiger partial charge is 0.252 e. The molecule has 0 aliphatic carbocycles. The number of hydrogen-bond donors (Lipinski definition) is 1. The van der Waals surface area contributed by atoms with Gasteiger partial charge in [-0.1, -0.05) is 36.4 Å². The molecular formula is C22H24N2O3S2. The summed E-state index contributed by atoms with van der Waals surface area (Å²) in [6.45, 7) is 5.63. The van der Waals surface area contributed by atoms with Crippen molar-refractivity contribution >= 4 is 27.1 Å². The molecule has 1 amide bonds. The molecule has 0 aliphatic heterocycles. The summed E-state index contributed by atoms with van der Waals surface area (Å²) in [6.07, 6.45) is 0.654. The zero-order valence-corrected chi connectivity index (χ0v) is 18.3. The lowest BCUT2D eigenvalue weighted by Gasteiger charge is -2.13. The minimum atomic E-state index is -3.53. The van der Waals surface area contributed by atoms with Gasteiger partial charge in [0.2, 0.25) is 0 Å². The summed E-state index contributed by atoms with van der Waals surface area (Å²) >= 11 is 1.62. The van der Waals surface area contributed by atoms with Gasteiger partial charge in [0.25, 0.3) is 5.91 Å². The van der Waals surface area contributed by atoms with Crippen LogP contribution < -0.4 is 5.32 Å². The van der Waals surface area contributed by atoms with Gasteiger partial charge >= 0.3 is 0 Å². The Morgan fingerprint density at radius 2 is 1.79 bits per heavy atom. The number of nitrogens with zero attached hydrogens (tertiary/aromatic N) is 1. The minimum Gasteiger partial charge on any atom is -0.352 e. The number of carbonyl (C=O) groups excluding carboxylic acids is 1. The maximum Gasteiger partial charge on any atom is 0.252 e. The maximum absolute atomic E-state index is 12.6. The summed E-state index contributed by atoms with van der Waals surface area (Å²) in [6, 6.07) is 14.4. The molecule has 0 bridgehead atoms. The Bertz CT molecular complexity index is 1100. The van der Waals surface area contributed by atoms with Crippen LogP contribution in [0.15, 0.2) is 58.8 Å². The van der Waals surface area contributed by atoms with Gasteiger partial charge in [-0.25, -0.2) is 13.4 Å². The molecular weight excluding hydrogens is 404 g/mol. The van der Waals surface area contributed by atoms with Crippen LogP contribution in [-0.4, -0.2) is 31.1 Å². The Balaban J connectivity index is 1.64. The Labute approximate surface area is 175 Å². The fourth-order valence-corrected chi connectivity index (χ4v) is 4.78. The number of nitrogens with one attached hydrogen (secondary N) is 1. The summed E-state index contributed by atoms with van der Waals surface area (Å²) in [5, 5.41) is 5.32. The van der Waals surface area contributed by atoms with Gasteiger partial charge in [0.1, 0.15) is 0 Å². The van der Waals surface area contributed by atoms with Crippen LogP contribution >= 0.6 is 11.3 Å². The quantitative estimate of drug-likeness (QED) is 0.610. The van der Waals surface area contributed by atoms with Gasteiger partial charge in [-0.2, -0.15) is 0 Å². The molecule has 0 fully saturated rings. The molecule has 152 valence electrons. The largest absolute Gasteiger partial charge is 0.352 e. The molecule has 0 saturated heterocycles. The molecule has 2 aromatic carbocycles. The number of benzene rings is 2. The van der Waals surface area contributed by atoms with Crippen molar-refractivity contribution in [1.82, 2.24) is 10.3 Å². The first-order valence-electron chi connectivity index (χ1n) is 9.41. The van der Waals surface area contributed by atoms with Gasteiger partial charge in [-0.05, 0) is 44.9 Å². The van der Waals surface area contributed by atoms with Crippen LogP contribution in [-0.2, 0) is 16.3 Å². The summed E-state index contributed by atoms with van der Waals surface area (Å²) < 4.78 is 25.0. The van der Waals surface area contributed by atoms with E-state index < -0.39 is 15.1 Å². The second kappa shape index (κ2) is 8.88. The van der Waals surface area contributed by atoms with Crippen molar-refractivity contribution in [1.29, 1.82) is 0 Å². The normalized spacial score (nSPS) is 11.6. The van der Waals surface area contributed by atoms with E-state index in [0.29, 0.717) is 13.0 Å². The van der Waals surface area contributed by atoms with Crippen LogP contribution in [0.2, 0.25) is 0 Å². The van der Waals surface area contributed by atoms with E-state index in [9.17, 15) is 13.2 Å². The van der Waals surface area contributed by atoms with Gasteiger partial charge in [0.15, 0.2) is 9.84 Å². The first-order chi connectivity index (χ1) is 13.8. The van der Waals surface area contributed by atoms with E-state index in [4.69, 9.17) is 0 Å².